The average molecular weight is 446 g/mol. The summed E-state index contributed by atoms with van der Waals surface area (Å²) >= 11 is 0. The predicted molar refractivity (Wildman–Crippen MR) is 103 cm³/mol. The number of nitrogens with zero attached hydrogens (tertiary/aromatic N) is 5. The minimum Gasteiger partial charge on any atom is -0.366 e. The third kappa shape index (κ3) is 4.25. The molecule has 2 unspecified atom stereocenters. The van der Waals surface area contributed by atoms with Crippen LogP contribution in [0, 0.1) is 22.7 Å². The normalized spacial score (nSPS) is 14.4. The summed E-state index contributed by atoms with van der Waals surface area (Å²) in [5.74, 6) is -0.960. The van der Waals surface area contributed by atoms with E-state index in [2.05, 4.69) is 10.2 Å². The van der Waals surface area contributed by atoms with Gasteiger partial charge in [0.2, 0.25) is 5.91 Å². The number of hydrogen-bond acceptors (Lipinski definition) is 6. The molecule has 0 bridgehead atoms. The number of carbonyl (C=O) groups is 1. The van der Waals surface area contributed by atoms with E-state index in [0.717, 1.165) is 23.0 Å². The van der Waals surface area contributed by atoms with Gasteiger partial charge in [0.15, 0.2) is 10.8 Å². The second kappa shape index (κ2) is 7.81. The number of benzene rings is 2. The van der Waals surface area contributed by atoms with Gasteiger partial charge in [0.1, 0.15) is 16.4 Å². The molecule has 3 rings (SSSR count). The Hall–Kier alpha value is -3.77. The fraction of sp³-hybridized carbons (Fsp3) is 0.211. The highest BCUT2D eigenvalue weighted by molar-refractivity contribution is 7.86. The van der Waals surface area contributed by atoms with E-state index < -0.39 is 32.5 Å². The van der Waals surface area contributed by atoms with Crippen LogP contribution in [0.1, 0.15) is 28.4 Å². The number of aromatic nitrogens is 3. The van der Waals surface area contributed by atoms with Crippen molar-refractivity contribution in [3.63, 3.8) is 0 Å². The first-order valence-corrected chi connectivity index (χ1v) is 9.72. The van der Waals surface area contributed by atoms with Crippen molar-refractivity contribution >= 4 is 27.7 Å². The Morgan fingerprint density at radius 3 is 2.42 bits per heavy atom. The highest BCUT2D eigenvalue weighted by Crippen LogP contribution is 2.33. The maximum atomic E-state index is 12.9. The average Bonchev–Trinajstić information content (AvgIpc) is 3.12. The van der Waals surface area contributed by atoms with Crippen molar-refractivity contribution in [2.45, 2.75) is 29.3 Å². The second-order valence-corrected chi connectivity index (χ2v) is 8.25. The zero-order valence-corrected chi connectivity index (χ0v) is 16.7. The number of nitriles is 2. The molecule has 0 saturated heterocycles. The molecule has 3 aromatic rings. The first-order chi connectivity index (χ1) is 14.5. The van der Waals surface area contributed by atoms with Crippen molar-refractivity contribution in [2.75, 3.05) is 0 Å². The van der Waals surface area contributed by atoms with Gasteiger partial charge in [-0.1, -0.05) is 0 Å². The molecule has 31 heavy (non-hydrogen) atoms. The van der Waals surface area contributed by atoms with E-state index in [1.165, 1.54) is 19.1 Å². The molecule has 0 aliphatic heterocycles. The van der Waals surface area contributed by atoms with E-state index in [4.69, 9.17) is 11.0 Å². The SMILES string of the molecule is CC(C#N)(Cn1nc2ccc(C#N)cc2n1)c1cc(S(=O)C(F)(F)F)ccc1C(N)=O. The lowest BCUT2D eigenvalue weighted by Gasteiger charge is -2.24. The van der Waals surface area contributed by atoms with Gasteiger partial charge >= 0.3 is 5.51 Å². The van der Waals surface area contributed by atoms with E-state index >= 15 is 0 Å². The lowest BCUT2D eigenvalue weighted by molar-refractivity contribution is -0.0384. The van der Waals surface area contributed by atoms with Gasteiger partial charge in [0, 0.05) is 10.5 Å². The molecule has 8 nitrogen and oxygen atoms in total. The number of alkyl halides is 3. The number of fused-ring (bicyclic) bond motifs is 1. The van der Waals surface area contributed by atoms with E-state index in [9.17, 15) is 27.4 Å². The maximum Gasteiger partial charge on any atom is 0.475 e. The summed E-state index contributed by atoms with van der Waals surface area (Å²) in [6.07, 6.45) is 0. The highest BCUT2D eigenvalue weighted by Gasteiger charge is 2.40. The zero-order chi connectivity index (χ0) is 23.0. The fourth-order valence-corrected chi connectivity index (χ4v) is 3.69. The van der Waals surface area contributed by atoms with Crippen LogP contribution in [0.25, 0.3) is 11.0 Å². The molecule has 0 spiro atoms. The third-order valence-corrected chi connectivity index (χ3v) is 5.63. The van der Waals surface area contributed by atoms with Crippen molar-refractivity contribution in [3.8, 4) is 12.1 Å². The number of nitrogens with two attached hydrogens (primary N) is 1. The number of halogens is 3. The Bertz CT molecular complexity index is 1300. The van der Waals surface area contributed by atoms with Gasteiger partial charge in [-0.2, -0.15) is 38.7 Å². The summed E-state index contributed by atoms with van der Waals surface area (Å²) < 4.78 is 50.6. The topological polar surface area (TPSA) is 138 Å². The van der Waals surface area contributed by atoms with E-state index in [0.29, 0.717) is 16.6 Å². The lowest BCUT2D eigenvalue weighted by Crippen LogP contribution is -2.31. The fourth-order valence-electron chi connectivity index (χ4n) is 3.01. The van der Waals surface area contributed by atoms with Crippen molar-refractivity contribution < 1.29 is 22.2 Å². The summed E-state index contributed by atoms with van der Waals surface area (Å²) in [5.41, 5.74) is -0.421. The first kappa shape index (κ1) is 21.9. The second-order valence-electron chi connectivity index (χ2n) is 6.78. The van der Waals surface area contributed by atoms with Crippen LogP contribution in [0.15, 0.2) is 41.3 Å². The molecule has 2 aromatic carbocycles. The first-order valence-electron chi connectivity index (χ1n) is 8.57. The van der Waals surface area contributed by atoms with E-state index in [1.807, 2.05) is 12.1 Å². The number of amides is 1. The molecule has 0 fully saturated rings. The standard InChI is InChI=1S/C19H13F3N6O2S/c1-18(9-24,10-28-26-15-5-2-11(8-23)6-16(15)27-28)14-7-12(31(30)19(20,21)22)3-4-13(14)17(25)29/h2-7H,10H2,1H3,(H2,25,29). The van der Waals surface area contributed by atoms with Crippen molar-refractivity contribution in [2.24, 2.45) is 5.73 Å². The van der Waals surface area contributed by atoms with Gasteiger partial charge < -0.3 is 5.73 Å². The number of rotatable bonds is 5. The summed E-state index contributed by atoms with van der Waals surface area (Å²) in [5, 5.41) is 27.2. The Morgan fingerprint density at radius 1 is 1.16 bits per heavy atom. The summed E-state index contributed by atoms with van der Waals surface area (Å²) in [7, 11) is -3.36. The van der Waals surface area contributed by atoms with Crippen LogP contribution in [0.3, 0.4) is 0 Å². The van der Waals surface area contributed by atoms with Crippen molar-refractivity contribution in [1.82, 2.24) is 15.0 Å². The molecule has 0 saturated carbocycles. The molecule has 1 aromatic heterocycles. The Kier molecular flexibility index (Phi) is 5.53. The number of carbonyl (C=O) groups excluding carboxylic acids is 1. The largest absolute Gasteiger partial charge is 0.475 e. The van der Waals surface area contributed by atoms with Crippen LogP contribution < -0.4 is 5.73 Å². The van der Waals surface area contributed by atoms with Gasteiger partial charge in [-0.05, 0) is 48.9 Å². The Morgan fingerprint density at radius 2 is 1.84 bits per heavy atom. The van der Waals surface area contributed by atoms with Gasteiger partial charge in [-0.25, -0.2) is 4.21 Å². The van der Waals surface area contributed by atoms with Crippen LogP contribution >= 0.6 is 0 Å². The predicted octanol–water partition coefficient (Wildman–Crippen LogP) is 2.51. The lowest BCUT2D eigenvalue weighted by atomic mass is 9.81. The van der Waals surface area contributed by atoms with Gasteiger partial charge in [0.05, 0.1) is 24.2 Å². The van der Waals surface area contributed by atoms with Crippen LogP contribution in [-0.2, 0) is 22.8 Å². The molecule has 1 amide bonds. The molecular weight excluding hydrogens is 433 g/mol. The Labute approximate surface area is 176 Å². The van der Waals surface area contributed by atoms with E-state index in [1.54, 1.807) is 6.07 Å². The molecule has 0 aliphatic rings. The maximum absolute atomic E-state index is 12.9. The number of primary amides is 1. The minimum atomic E-state index is -5.02. The molecule has 1 heterocycles. The molecule has 158 valence electrons. The van der Waals surface area contributed by atoms with Gasteiger partial charge in [-0.3, -0.25) is 4.79 Å². The van der Waals surface area contributed by atoms with Crippen LogP contribution in [0.4, 0.5) is 13.2 Å². The van der Waals surface area contributed by atoms with Crippen molar-refractivity contribution in [1.29, 1.82) is 10.5 Å². The van der Waals surface area contributed by atoms with Crippen LogP contribution in [0.5, 0.6) is 0 Å². The van der Waals surface area contributed by atoms with Crippen LogP contribution in [-0.4, -0.2) is 30.6 Å². The summed E-state index contributed by atoms with van der Waals surface area (Å²) in [6.45, 7) is 1.13. The summed E-state index contributed by atoms with van der Waals surface area (Å²) in [4.78, 5) is 12.4. The van der Waals surface area contributed by atoms with Gasteiger partial charge in [0.25, 0.3) is 0 Å². The van der Waals surface area contributed by atoms with Gasteiger partial charge in [-0.15, -0.1) is 0 Å². The minimum absolute atomic E-state index is 0.128. The number of hydrogen-bond donors (Lipinski definition) is 1. The summed E-state index contributed by atoms with van der Waals surface area (Å²) in [6, 6.07) is 11.3. The zero-order valence-electron chi connectivity index (χ0n) is 15.8. The van der Waals surface area contributed by atoms with E-state index in [-0.39, 0.29) is 17.7 Å². The van der Waals surface area contributed by atoms with Crippen molar-refractivity contribution in [3.05, 3.63) is 53.1 Å². The van der Waals surface area contributed by atoms with Crippen LogP contribution in [0.2, 0.25) is 0 Å². The molecular formula is C19H13F3N6O2S. The Balaban J connectivity index is 2.11. The monoisotopic (exact) mass is 446 g/mol. The molecule has 12 heteroatoms. The highest BCUT2D eigenvalue weighted by atomic mass is 32.2. The molecule has 0 aliphatic carbocycles. The third-order valence-electron chi connectivity index (χ3n) is 4.53. The molecule has 2 atom stereocenters. The smallest absolute Gasteiger partial charge is 0.366 e. The molecule has 0 radical (unpaired) electrons. The molecule has 2 N–H and O–H groups in total. The quantitative estimate of drug-likeness (QED) is 0.639.